The monoisotopic (exact) mass is 646 g/mol. The first-order chi connectivity index (χ1) is 21.9. The van der Waals surface area contributed by atoms with E-state index in [9.17, 15) is 18.4 Å². The number of nitrogens with one attached hydrogen (secondary N) is 2. The molecule has 0 saturated carbocycles. The van der Waals surface area contributed by atoms with Gasteiger partial charge in [0.05, 0.1) is 35.0 Å². The number of hydrogen-bond acceptors (Lipinski definition) is 5. The maximum absolute atomic E-state index is 13.8. The molecule has 243 valence electrons. The van der Waals surface area contributed by atoms with Crippen LogP contribution in [-0.4, -0.2) is 70.0 Å². The lowest BCUT2D eigenvalue weighted by Gasteiger charge is -2.30. The predicted octanol–water partition coefficient (Wildman–Crippen LogP) is 5.53. The van der Waals surface area contributed by atoms with Gasteiger partial charge >= 0.3 is 0 Å². The van der Waals surface area contributed by atoms with Crippen molar-refractivity contribution in [3.05, 3.63) is 47.2 Å². The molecular weight excluding hydrogens is 605 g/mol. The van der Waals surface area contributed by atoms with E-state index in [1.165, 1.54) is 0 Å². The van der Waals surface area contributed by atoms with Crippen LogP contribution in [0, 0.1) is 5.41 Å². The molecule has 7 rings (SSSR count). The molecule has 1 radical (unpaired) electrons. The second kappa shape index (κ2) is 11.6. The Kier molecular flexibility index (Phi) is 7.78. The number of carbonyl (C=O) groups excluding carboxylic acids is 2. The fourth-order valence-corrected chi connectivity index (χ4v) is 9.56. The minimum absolute atomic E-state index is 0.0531. The van der Waals surface area contributed by atoms with E-state index in [1.807, 2.05) is 40.0 Å². The number of halogens is 2. The van der Waals surface area contributed by atoms with Gasteiger partial charge in [-0.15, -0.1) is 0 Å². The number of aryl methyl sites for hydroxylation is 2. The van der Waals surface area contributed by atoms with Crippen molar-refractivity contribution in [2.75, 3.05) is 19.3 Å². The Hall–Kier alpha value is -3.64. The first kappa shape index (κ1) is 31.0. The summed E-state index contributed by atoms with van der Waals surface area (Å²) in [6.45, 7) is 7.06. The van der Waals surface area contributed by atoms with Gasteiger partial charge in [0.25, 0.3) is 11.8 Å². The molecule has 46 heavy (non-hydrogen) atoms. The number of benzene rings is 1. The molecule has 2 amide bonds. The summed E-state index contributed by atoms with van der Waals surface area (Å²) in [5.74, 6) is -1.93. The van der Waals surface area contributed by atoms with E-state index in [0.717, 1.165) is 83.5 Å². The Morgan fingerprint density at radius 3 is 2.63 bits per heavy atom. The normalized spacial score (nSPS) is 22.4. The van der Waals surface area contributed by atoms with Crippen molar-refractivity contribution in [1.82, 2.24) is 34.3 Å². The highest BCUT2D eigenvalue weighted by Gasteiger charge is 2.42. The lowest BCUT2D eigenvalue weighted by atomic mass is 9.85. The molecule has 0 spiro atoms. The van der Waals surface area contributed by atoms with Crippen LogP contribution in [0.3, 0.4) is 0 Å². The van der Waals surface area contributed by atoms with Gasteiger partial charge in [-0.3, -0.25) is 9.59 Å². The fourth-order valence-electron chi connectivity index (χ4n) is 7.19. The minimum Gasteiger partial charge on any atom is -0.348 e. The molecule has 9 nitrogen and oxygen atoms in total. The van der Waals surface area contributed by atoms with Gasteiger partial charge in [0.1, 0.15) is 5.65 Å². The lowest BCUT2D eigenvalue weighted by Crippen LogP contribution is -2.47. The summed E-state index contributed by atoms with van der Waals surface area (Å²) in [7, 11) is 0.489. The number of hydrogen-bond donors (Lipinski definition) is 2. The summed E-state index contributed by atoms with van der Waals surface area (Å²) in [6.07, 6.45) is 6.00. The highest BCUT2D eigenvalue weighted by atomic mass is 28.3. The largest absolute Gasteiger partial charge is 0.348 e. The fraction of sp³-hybridized carbons (Fsp3) is 0.529. The number of amides is 2. The molecule has 4 aromatic rings. The van der Waals surface area contributed by atoms with E-state index in [1.54, 1.807) is 4.90 Å². The third-order valence-electron chi connectivity index (χ3n) is 10.1. The van der Waals surface area contributed by atoms with Gasteiger partial charge < -0.3 is 24.3 Å². The number of alkyl halides is 2. The number of nitrogens with zero attached hydrogens (tertiary/aromatic N) is 5. The number of pyridine rings is 1. The molecule has 1 fully saturated rings. The van der Waals surface area contributed by atoms with Crippen LogP contribution in [0.5, 0.6) is 0 Å². The second-order valence-electron chi connectivity index (χ2n) is 14.0. The quantitative estimate of drug-likeness (QED) is 0.286. The highest BCUT2D eigenvalue weighted by Crippen LogP contribution is 2.34. The van der Waals surface area contributed by atoms with Crippen LogP contribution in [0.25, 0.3) is 33.6 Å². The lowest BCUT2D eigenvalue weighted by molar-refractivity contribution is -0.130. The standard InChI is InChI=1S/C34H42F2N7O2Si/c1-21-25-10-9-23-16-28(43(29(23)39-25)13-8-6-5-7-12-33(2,3)32(45)38-21)30-40-26-17-24-22(15-27(26)41(30)4)11-14-42(31(24)44)20-46-19-34(35,36)18-37-46/h9-10,15-17,21,37H,5-8,11-14,18-20H2,1-4H3,(H,38,45)/t21-/m1/s1. The van der Waals surface area contributed by atoms with Crippen molar-refractivity contribution in [2.24, 2.45) is 12.5 Å². The molecular formula is C34H42F2N7O2Si. The van der Waals surface area contributed by atoms with Crippen LogP contribution in [0.2, 0.25) is 6.04 Å². The maximum atomic E-state index is 13.8. The number of imidazole rings is 1. The van der Waals surface area contributed by atoms with Gasteiger partial charge in [0.2, 0.25) is 5.91 Å². The second-order valence-corrected chi connectivity index (χ2v) is 16.3. The number of rotatable bonds is 3. The van der Waals surface area contributed by atoms with Crippen LogP contribution in [0.15, 0.2) is 30.3 Å². The average molecular weight is 647 g/mol. The molecule has 3 aliphatic heterocycles. The Morgan fingerprint density at radius 1 is 1.04 bits per heavy atom. The minimum atomic E-state index is -2.68. The topological polar surface area (TPSA) is 97.1 Å². The molecule has 6 heterocycles. The Balaban J connectivity index is 1.24. The van der Waals surface area contributed by atoms with Gasteiger partial charge in [-0.2, -0.15) is 0 Å². The Morgan fingerprint density at radius 2 is 1.85 bits per heavy atom. The summed E-state index contributed by atoms with van der Waals surface area (Å²) in [5.41, 5.74) is 5.50. The predicted molar refractivity (Wildman–Crippen MR) is 176 cm³/mol. The van der Waals surface area contributed by atoms with Crippen molar-refractivity contribution in [1.29, 1.82) is 0 Å². The van der Waals surface area contributed by atoms with Crippen molar-refractivity contribution in [3.8, 4) is 11.5 Å². The van der Waals surface area contributed by atoms with E-state index < -0.39 is 20.3 Å². The van der Waals surface area contributed by atoms with Gasteiger partial charge in [0.15, 0.2) is 14.8 Å². The summed E-state index contributed by atoms with van der Waals surface area (Å²) in [4.78, 5) is 41.6. The third kappa shape index (κ3) is 5.63. The summed E-state index contributed by atoms with van der Waals surface area (Å²) < 4.78 is 31.9. The Labute approximate surface area is 269 Å². The van der Waals surface area contributed by atoms with Crippen molar-refractivity contribution >= 4 is 42.8 Å². The summed E-state index contributed by atoms with van der Waals surface area (Å²) in [5, 5.41) is 4.20. The molecule has 3 aliphatic rings. The van der Waals surface area contributed by atoms with E-state index in [2.05, 4.69) is 37.6 Å². The van der Waals surface area contributed by atoms with Crippen LogP contribution < -0.4 is 10.3 Å². The Bertz CT molecular complexity index is 1850. The molecule has 2 bridgehead atoms. The molecule has 0 unspecified atom stereocenters. The van der Waals surface area contributed by atoms with E-state index in [0.29, 0.717) is 24.7 Å². The van der Waals surface area contributed by atoms with Crippen LogP contribution in [0.1, 0.15) is 80.5 Å². The van der Waals surface area contributed by atoms with Gasteiger partial charge in [-0.1, -0.05) is 33.1 Å². The number of aromatic nitrogens is 4. The van der Waals surface area contributed by atoms with E-state index in [-0.39, 0.29) is 30.4 Å². The maximum Gasteiger partial charge on any atom is 0.258 e. The first-order valence-corrected chi connectivity index (χ1v) is 18.4. The number of fused-ring (bicyclic) bond motifs is 3. The van der Waals surface area contributed by atoms with E-state index in [4.69, 9.17) is 9.97 Å². The smallest absolute Gasteiger partial charge is 0.258 e. The van der Waals surface area contributed by atoms with Crippen LogP contribution in [-0.2, 0) is 24.8 Å². The molecule has 1 aromatic carbocycles. The zero-order chi connectivity index (χ0) is 32.4. The zero-order valence-electron chi connectivity index (χ0n) is 27.1. The van der Waals surface area contributed by atoms with Crippen molar-refractivity contribution in [2.45, 2.75) is 83.8 Å². The van der Waals surface area contributed by atoms with Gasteiger partial charge in [-0.05, 0) is 62.1 Å². The molecule has 1 saturated heterocycles. The SMILES string of the molecule is C[C@H]1NC(=O)C(C)(C)CCCCCCn2c(-c3nc4cc5c(cc4n3C)CCN(C[Si]3CC(F)(F)CN3)C5=O)cc3ccc1nc32. The molecule has 1 atom stereocenters. The summed E-state index contributed by atoms with van der Waals surface area (Å²) >= 11 is 0. The molecule has 2 N–H and O–H groups in total. The third-order valence-corrected chi connectivity index (χ3v) is 12.4. The molecule has 12 heteroatoms. The first-order valence-electron chi connectivity index (χ1n) is 16.5. The van der Waals surface area contributed by atoms with Crippen LogP contribution >= 0.6 is 0 Å². The van der Waals surface area contributed by atoms with Gasteiger partial charge in [0, 0.05) is 48.7 Å². The zero-order valence-corrected chi connectivity index (χ0v) is 28.1. The molecule has 0 aliphatic carbocycles. The van der Waals surface area contributed by atoms with Crippen LogP contribution in [0.4, 0.5) is 8.78 Å². The average Bonchev–Trinajstić information content (AvgIpc) is 3.66. The van der Waals surface area contributed by atoms with Crippen molar-refractivity contribution in [3.63, 3.8) is 0 Å². The van der Waals surface area contributed by atoms with Gasteiger partial charge in [-0.25, -0.2) is 18.7 Å². The van der Waals surface area contributed by atoms with Crippen molar-refractivity contribution < 1.29 is 18.4 Å². The number of carbonyl (C=O) groups is 2. The van der Waals surface area contributed by atoms with E-state index >= 15 is 0 Å². The highest BCUT2D eigenvalue weighted by molar-refractivity contribution is 6.57. The molecule has 3 aromatic heterocycles. The summed E-state index contributed by atoms with van der Waals surface area (Å²) in [6, 6.07) is 9.78.